The van der Waals surface area contributed by atoms with Crippen LogP contribution in [0.25, 0.3) is 0 Å². The van der Waals surface area contributed by atoms with E-state index in [1.54, 1.807) is 6.92 Å². The standard InChI is InChI=1S/C14H27N3O/c1-12(18)17-10-6-14(7-11-17)15-13-4-3-8-16(2)9-5-13/h13-15H,3-11H2,1-2H3. The van der Waals surface area contributed by atoms with E-state index in [1.807, 2.05) is 4.90 Å². The molecule has 0 saturated carbocycles. The average molecular weight is 253 g/mol. The van der Waals surface area contributed by atoms with Gasteiger partial charge in [0.25, 0.3) is 0 Å². The Bertz CT molecular complexity index is 274. The number of nitrogens with zero attached hydrogens (tertiary/aromatic N) is 2. The second kappa shape index (κ2) is 6.53. The molecule has 2 rings (SSSR count). The van der Waals surface area contributed by atoms with E-state index in [4.69, 9.17) is 0 Å². The lowest BCUT2D eigenvalue weighted by Crippen LogP contribution is -2.47. The van der Waals surface area contributed by atoms with Gasteiger partial charge in [0, 0.05) is 32.1 Å². The molecule has 2 heterocycles. The van der Waals surface area contributed by atoms with Gasteiger partial charge in [-0.3, -0.25) is 4.79 Å². The van der Waals surface area contributed by atoms with E-state index in [0.29, 0.717) is 12.1 Å². The third kappa shape index (κ3) is 3.95. The monoisotopic (exact) mass is 253 g/mol. The van der Waals surface area contributed by atoms with Gasteiger partial charge in [0.2, 0.25) is 5.91 Å². The van der Waals surface area contributed by atoms with Gasteiger partial charge in [-0.1, -0.05) is 0 Å². The zero-order chi connectivity index (χ0) is 13.0. The molecule has 0 aliphatic carbocycles. The van der Waals surface area contributed by atoms with E-state index in [1.165, 1.54) is 32.4 Å². The van der Waals surface area contributed by atoms with Crippen LogP contribution < -0.4 is 5.32 Å². The molecule has 1 amide bonds. The molecular weight excluding hydrogens is 226 g/mol. The Labute approximate surface area is 111 Å². The Kier molecular flexibility index (Phi) is 5.01. The number of hydrogen-bond acceptors (Lipinski definition) is 3. The van der Waals surface area contributed by atoms with Crippen LogP contribution in [-0.2, 0) is 4.79 Å². The summed E-state index contributed by atoms with van der Waals surface area (Å²) >= 11 is 0. The second-order valence-electron chi connectivity index (χ2n) is 5.88. The van der Waals surface area contributed by atoms with E-state index >= 15 is 0 Å². The molecule has 0 aromatic carbocycles. The second-order valence-corrected chi connectivity index (χ2v) is 5.88. The summed E-state index contributed by atoms with van der Waals surface area (Å²) in [7, 11) is 2.22. The maximum atomic E-state index is 11.3. The van der Waals surface area contributed by atoms with Crippen LogP contribution in [0.4, 0.5) is 0 Å². The largest absolute Gasteiger partial charge is 0.343 e. The number of carbonyl (C=O) groups excluding carboxylic acids is 1. The fraction of sp³-hybridized carbons (Fsp3) is 0.929. The summed E-state index contributed by atoms with van der Waals surface area (Å²) in [6, 6.07) is 1.30. The van der Waals surface area contributed by atoms with Gasteiger partial charge in [-0.05, 0) is 52.2 Å². The molecule has 2 aliphatic heterocycles. The number of hydrogen-bond donors (Lipinski definition) is 1. The summed E-state index contributed by atoms with van der Waals surface area (Å²) in [6.07, 6.45) is 6.11. The molecule has 4 nitrogen and oxygen atoms in total. The van der Waals surface area contributed by atoms with Crippen molar-refractivity contribution in [3.8, 4) is 0 Å². The summed E-state index contributed by atoms with van der Waals surface area (Å²) in [6.45, 7) is 5.99. The smallest absolute Gasteiger partial charge is 0.219 e. The Morgan fingerprint density at radius 2 is 1.61 bits per heavy atom. The van der Waals surface area contributed by atoms with Gasteiger partial charge in [0.15, 0.2) is 0 Å². The first-order valence-electron chi connectivity index (χ1n) is 7.35. The van der Waals surface area contributed by atoms with Crippen LogP contribution in [0.2, 0.25) is 0 Å². The zero-order valence-corrected chi connectivity index (χ0v) is 11.8. The van der Waals surface area contributed by atoms with E-state index < -0.39 is 0 Å². The van der Waals surface area contributed by atoms with Gasteiger partial charge in [0.1, 0.15) is 0 Å². The van der Waals surface area contributed by atoms with E-state index in [2.05, 4.69) is 17.3 Å². The third-order valence-electron chi connectivity index (χ3n) is 4.36. The van der Waals surface area contributed by atoms with Crippen molar-refractivity contribution in [1.29, 1.82) is 0 Å². The van der Waals surface area contributed by atoms with Crippen LogP contribution in [0.1, 0.15) is 39.0 Å². The highest BCUT2D eigenvalue weighted by Crippen LogP contribution is 2.15. The number of amides is 1. The molecule has 104 valence electrons. The van der Waals surface area contributed by atoms with Crippen LogP contribution in [-0.4, -0.2) is 61.0 Å². The van der Waals surface area contributed by atoms with Crippen molar-refractivity contribution < 1.29 is 4.79 Å². The molecule has 1 unspecified atom stereocenters. The van der Waals surface area contributed by atoms with Gasteiger partial charge in [-0.2, -0.15) is 0 Å². The van der Waals surface area contributed by atoms with Crippen LogP contribution in [0.15, 0.2) is 0 Å². The summed E-state index contributed by atoms with van der Waals surface area (Å²) in [5.41, 5.74) is 0. The first-order chi connectivity index (χ1) is 8.65. The van der Waals surface area contributed by atoms with Crippen molar-refractivity contribution in [2.45, 2.75) is 51.1 Å². The number of carbonyl (C=O) groups is 1. The molecule has 0 bridgehead atoms. The lowest BCUT2D eigenvalue weighted by Gasteiger charge is -2.34. The van der Waals surface area contributed by atoms with Crippen LogP contribution >= 0.6 is 0 Å². The summed E-state index contributed by atoms with van der Waals surface area (Å²) in [5, 5.41) is 3.81. The molecule has 0 aromatic rings. The minimum Gasteiger partial charge on any atom is -0.343 e. The van der Waals surface area contributed by atoms with Crippen molar-refractivity contribution in [2.75, 3.05) is 33.2 Å². The third-order valence-corrected chi connectivity index (χ3v) is 4.36. The maximum Gasteiger partial charge on any atom is 0.219 e. The Morgan fingerprint density at radius 1 is 1.00 bits per heavy atom. The van der Waals surface area contributed by atoms with Gasteiger partial charge in [0.05, 0.1) is 0 Å². The molecule has 2 aliphatic rings. The molecule has 0 aromatic heterocycles. The predicted octanol–water partition coefficient (Wildman–Crippen LogP) is 1.07. The molecule has 1 N–H and O–H groups in total. The number of rotatable bonds is 2. The first kappa shape index (κ1) is 13.8. The minimum atomic E-state index is 0.226. The summed E-state index contributed by atoms with van der Waals surface area (Å²) < 4.78 is 0. The molecular formula is C14H27N3O. The lowest BCUT2D eigenvalue weighted by atomic mass is 10.0. The maximum absolute atomic E-state index is 11.3. The van der Waals surface area contributed by atoms with Crippen molar-refractivity contribution in [2.24, 2.45) is 0 Å². The number of likely N-dealkylation sites (tertiary alicyclic amines) is 2. The fourth-order valence-electron chi connectivity index (χ4n) is 3.10. The Hall–Kier alpha value is -0.610. The van der Waals surface area contributed by atoms with Gasteiger partial charge in [-0.25, -0.2) is 0 Å². The van der Waals surface area contributed by atoms with Crippen molar-refractivity contribution in [3.63, 3.8) is 0 Å². The first-order valence-corrected chi connectivity index (χ1v) is 7.35. The molecule has 2 fully saturated rings. The van der Waals surface area contributed by atoms with Crippen molar-refractivity contribution in [3.05, 3.63) is 0 Å². The summed E-state index contributed by atoms with van der Waals surface area (Å²) in [4.78, 5) is 15.7. The fourth-order valence-corrected chi connectivity index (χ4v) is 3.10. The highest BCUT2D eigenvalue weighted by Gasteiger charge is 2.23. The molecule has 4 heteroatoms. The quantitative estimate of drug-likeness (QED) is 0.799. The highest BCUT2D eigenvalue weighted by atomic mass is 16.2. The van der Waals surface area contributed by atoms with Crippen molar-refractivity contribution >= 4 is 5.91 Å². The van der Waals surface area contributed by atoms with Crippen LogP contribution in [0.3, 0.4) is 0 Å². The number of nitrogens with one attached hydrogen (secondary N) is 1. The van der Waals surface area contributed by atoms with E-state index in [9.17, 15) is 4.79 Å². The van der Waals surface area contributed by atoms with E-state index in [0.717, 1.165) is 25.9 Å². The van der Waals surface area contributed by atoms with E-state index in [-0.39, 0.29) is 5.91 Å². The minimum absolute atomic E-state index is 0.226. The Morgan fingerprint density at radius 3 is 2.28 bits per heavy atom. The molecule has 1 atom stereocenters. The Balaban J connectivity index is 1.72. The predicted molar refractivity (Wildman–Crippen MR) is 73.5 cm³/mol. The van der Waals surface area contributed by atoms with Gasteiger partial charge < -0.3 is 15.1 Å². The topological polar surface area (TPSA) is 35.6 Å². The number of piperidine rings is 1. The zero-order valence-electron chi connectivity index (χ0n) is 11.8. The molecule has 2 saturated heterocycles. The van der Waals surface area contributed by atoms with Crippen molar-refractivity contribution in [1.82, 2.24) is 15.1 Å². The molecule has 18 heavy (non-hydrogen) atoms. The molecule has 0 radical (unpaired) electrons. The highest BCUT2D eigenvalue weighted by molar-refractivity contribution is 5.73. The van der Waals surface area contributed by atoms with Gasteiger partial charge >= 0.3 is 0 Å². The van der Waals surface area contributed by atoms with Crippen LogP contribution in [0, 0.1) is 0 Å². The average Bonchev–Trinajstić information content (AvgIpc) is 2.55. The van der Waals surface area contributed by atoms with Crippen LogP contribution in [0.5, 0.6) is 0 Å². The van der Waals surface area contributed by atoms with Gasteiger partial charge in [-0.15, -0.1) is 0 Å². The normalized spacial score (nSPS) is 28.1. The SMILES string of the molecule is CC(=O)N1CCC(NC2CCCN(C)CC2)CC1. The summed E-state index contributed by atoms with van der Waals surface area (Å²) in [5.74, 6) is 0.226. The lowest BCUT2D eigenvalue weighted by molar-refractivity contribution is -0.129. The molecule has 0 spiro atoms.